The van der Waals surface area contributed by atoms with Gasteiger partial charge in [0.15, 0.2) is 11.5 Å². The summed E-state index contributed by atoms with van der Waals surface area (Å²) in [5.74, 6) is 0.220. The van der Waals surface area contributed by atoms with E-state index >= 15 is 0 Å². The van der Waals surface area contributed by atoms with Crippen LogP contribution in [0.2, 0.25) is 0 Å². The highest BCUT2D eigenvalue weighted by Crippen LogP contribution is 2.34. The van der Waals surface area contributed by atoms with Crippen LogP contribution in [0.4, 0.5) is 5.69 Å². The van der Waals surface area contributed by atoms with Gasteiger partial charge in [0.1, 0.15) is 6.61 Å². The standard InChI is InChI=1S/C24H23BrN2O6/c1-2-32-22-11-19(14-26-13-16-3-7-18(8-4-16)24(28)29)21(25)12-23(22)33-15-17-5-9-20(10-6-17)27(30)31/h3-12,26H,2,13-15H2,1H3,(H,28,29). The fourth-order valence-corrected chi connectivity index (χ4v) is 3.54. The average molecular weight is 515 g/mol. The van der Waals surface area contributed by atoms with Gasteiger partial charge in [-0.2, -0.15) is 0 Å². The van der Waals surface area contributed by atoms with E-state index in [1.807, 2.05) is 19.1 Å². The van der Waals surface area contributed by atoms with Crippen LogP contribution in [0.5, 0.6) is 11.5 Å². The van der Waals surface area contributed by atoms with Crippen LogP contribution >= 0.6 is 15.9 Å². The summed E-state index contributed by atoms with van der Waals surface area (Å²) in [5, 5.41) is 23.1. The SMILES string of the molecule is CCOc1cc(CNCc2ccc(C(=O)O)cc2)c(Br)cc1OCc1ccc([N+](=O)[O-])cc1. The normalized spacial score (nSPS) is 10.6. The second-order valence-electron chi connectivity index (χ2n) is 7.14. The van der Waals surface area contributed by atoms with Gasteiger partial charge >= 0.3 is 5.97 Å². The molecule has 0 fully saturated rings. The molecule has 0 aromatic heterocycles. The molecular formula is C24H23BrN2O6. The van der Waals surface area contributed by atoms with Crippen LogP contribution in [-0.4, -0.2) is 22.6 Å². The van der Waals surface area contributed by atoms with Gasteiger partial charge in [-0.3, -0.25) is 10.1 Å². The summed E-state index contributed by atoms with van der Waals surface area (Å²) in [6.45, 7) is 3.74. The second kappa shape index (κ2) is 11.4. The summed E-state index contributed by atoms with van der Waals surface area (Å²) in [4.78, 5) is 21.3. The molecule has 0 unspecified atom stereocenters. The maximum absolute atomic E-state index is 11.0. The Hall–Kier alpha value is -3.43. The highest BCUT2D eigenvalue weighted by Gasteiger charge is 2.12. The number of halogens is 1. The first kappa shape index (κ1) is 24.2. The van der Waals surface area contributed by atoms with Gasteiger partial charge in [-0.1, -0.05) is 28.1 Å². The van der Waals surface area contributed by atoms with Crippen molar-refractivity contribution in [1.29, 1.82) is 0 Å². The minimum absolute atomic E-state index is 0.0335. The van der Waals surface area contributed by atoms with Crippen LogP contribution in [0, 0.1) is 10.1 Å². The van der Waals surface area contributed by atoms with E-state index in [0.717, 1.165) is 21.2 Å². The van der Waals surface area contributed by atoms with Crippen molar-refractivity contribution in [2.45, 2.75) is 26.6 Å². The monoisotopic (exact) mass is 514 g/mol. The third-order valence-electron chi connectivity index (χ3n) is 4.80. The van der Waals surface area contributed by atoms with Crippen molar-refractivity contribution in [3.05, 3.63) is 97.5 Å². The Morgan fingerprint density at radius 1 is 1.00 bits per heavy atom. The molecule has 0 atom stereocenters. The van der Waals surface area contributed by atoms with Gasteiger partial charge in [0.05, 0.1) is 17.1 Å². The Labute approximate surface area is 199 Å². The molecule has 0 aliphatic rings. The summed E-state index contributed by atoms with van der Waals surface area (Å²) < 4.78 is 12.5. The third-order valence-corrected chi connectivity index (χ3v) is 5.54. The van der Waals surface area contributed by atoms with Crippen LogP contribution in [0.25, 0.3) is 0 Å². The lowest BCUT2D eigenvalue weighted by atomic mass is 10.1. The van der Waals surface area contributed by atoms with Crippen molar-refractivity contribution in [3.8, 4) is 11.5 Å². The number of benzene rings is 3. The van der Waals surface area contributed by atoms with Crippen molar-refractivity contribution < 1.29 is 24.3 Å². The lowest BCUT2D eigenvalue weighted by molar-refractivity contribution is -0.384. The van der Waals surface area contributed by atoms with Crippen LogP contribution in [0.3, 0.4) is 0 Å². The molecule has 0 spiro atoms. The van der Waals surface area contributed by atoms with Gasteiger partial charge in [-0.15, -0.1) is 0 Å². The maximum atomic E-state index is 11.0. The van der Waals surface area contributed by atoms with E-state index in [2.05, 4.69) is 21.2 Å². The van der Waals surface area contributed by atoms with E-state index in [1.165, 1.54) is 12.1 Å². The van der Waals surface area contributed by atoms with E-state index in [-0.39, 0.29) is 17.9 Å². The first-order valence-corrected chi connectivity index (χ1v) is 11.0. The zero-order valence-electron chi connectivity index (χ0n) is 17.9. The van der Waals surface area contributed by atoms with E-state index in [1.54, 1.807) is 36.4 Å². The van der Waals surface area contributed by atoms with Crippen molar-refractivity contribution in [1.82, 2.24) is 5.32 Å². The zero-order valence-corrected chi connectivity index (χ0v) is 19.5. The minimum Gasteiger partial charge on any atom is -0.490 e. The molecule has 0 aliphatic heterocycles. The Morgan fingerprint density at radius 2 is 1.64 bits per heavy atom. The number of carbonyl (C=O) groups is 1. The number of ether oxygens (including phenoxy) is 2. The zero-order chi connectivity index (χ0) is 23.8. The van der Waals surface area contributed by atoms with Gasteiger partial charge in [0, 0.05) is 29.7 Å². The molecule has 0 saturated carbocycles. The molecule has 0 aliphatic carbocycles. The highest BCUT2D eigenvalue weighted by atomic mass is 79.9. The highest BCUT2D eigenvalue weighted by molar-refractivity contribution is 9.10. The second-order valence-corrected chi connectivity index (χ2v) is 8.00. The predicted octanol–water partition coefficient (Wildman–Crippen LogP) is 5.32. The Balaban J connectivity index is 1.64. The maximum Gasteiger partial charge on any atom is 0.335 e. The lowest BCUT2D eigenvalue weighted by Gasteiger charge is -2.15. The molecule has 0 bridgehead atoms. The molecule has 3 aromatic rings. The van der Waals surface area contributed by atoms with Crippen LogP contribution in [-0.2, 0) is 19.7 Å². The van der Waals surface area contributed by atoms with E-state index in [9.17, 15) is 14.9 Å². The number of nitrogens with zero attached hydrogens (tertiary/aromatic N) is 1. The number of non-ortho nitro benzene ring substituents is 1. The molecule has 0 saturated heterocycles. The number of carboxylic acids is 1. The minimum atomic E-state index is -0.946. The van der Waals surface area contributed by atoms with Gasteiger partial charge in [-0.25, -0.2) is 4.79 Å². The van der Waals surface area contributed by atoms with Crippen LogP contribution in [0.15, 0.2) is 65.1 Å². The number of carboxylic acid groups (broad SMARTS) is 1. The van der Waals surface area contributed by atoms with Gasteiger partial charge in [0.2, 0.25) is 0 Å². The summed E-state index contributed by atoms with van der Waals surface area (Å²) in [7, 11) is 0. The Morgan fingerprint density at radius 3 is 2.24 bits per heavy atom. The lowest BCUT2D eigenvalue weighted by Crippen LogP contribution is -2.13. The number of nitro benzene ring substituents is 1. The average Bonchev–Trinajstić information content (AvgIpc) is 2.80. The first-order valence-electron chi connectivity index (χ1n) is 10.2. The summed E-state index contributed by atoms with van der Waals surface area (Å²) >= 11 is 3.58. The number of nitro groups is 1. The number of hydrogen-bond donors (Lipinski definition) is 2. The van der Waals surface area contributed by atoms with Crippen LogP contribution < -0.4 is 14.8 Å². The molecule has 2 N–H and O–H groups in total. The van der Waals surface area contributed by atoms with Crippen molar-refractivity contribution >= 4 is 27.6 Å². The number of rotatable bonds is 11. The van der Waals surface area contributed by atoms with Crippen molar-refractivity contribution in [3.63, 3.8) is 0 Å². The molecule has 9 heteroatoms. The molecule has 3 rings (SSSR count). The van der Waals surface area contributed by atoms with E-state index in [0.29, 0.717) is 31.2 Å². The molecule has 0 heterocycles. The molecule has 8 nitrogen and oxygen atoms in total. The number of hydrogen-bond acceptors (Lipinski definition) is 6. The smallest absolute Gasteiger partial charge is 0.335 e. The van der Waals surface area contributed by atoms with E-state index in [4.69, 9.17) is 14.6 Å². The number of nitrogens with one attached hydrogen (secondary N) is 1. The summed E-state index contributed by atoms with van der Waals surface area (Å²) in [6, 6.07) is 16.7. The molecule has 33 heavy (non-hydrogen) atoms. The third kappa shape index (κ3) is 6.77. The van der Waals surface area contributed by atoms with E-state index < -0.39 is 10.9 Å². The molecular weight excluding hydrogens is 492 g/mol. The van der Waals surface area contributed by atoms with Gasteiger partial charge in [0.25, 0.3) is 5.69 Å². The molecule has 0 radical (unpaired) electrons. The quantitative estimate of drug-likeness (QED) is 0.263. The summed E-state index contributed by atoms with van der Waals surface area (Å²) in [5.41, 5.74) is 3.05. The fraction of sp³-hybridized carbons (Fsp3) is 0.208. The number of aromatic carboxylic acids is 1. The Kier molecular flexibility index (Phi) is 8.39. The van der Waals surface area contributed by atoms with Crippen molar-refractivity contribution in [2.75, 3.05) is 6.61 Å². The fourth-order valence-electron chi connectivity index (χ4n) is 3.08. The van der Waals surface area contributed by atoms with Gasteiger partial charge in [-0.05, 0) is 60.0 Å². The largest absolute Gasteiger partial charge is 0.490 e. The van der Waals surface area contributed by atoms with Crippen LogP contribution in [0.1, 0.15) is 34.0 Å². The molecule has 172 valence electrons. The molecule has 0 amide bonds. The predicted molar refractivity (Wildman–Crippen MR) is 127 cm³/mol. The molecule has 3 aromatic carbocycles. The summed E-state index contributed by atoms with van der Waals surface area (Å²) in [6.07, 6.45) is 0. The van der Waals surface area contributed by atoms with Gasteiger partial charge < -0.3 is 19.9 Å². The topological polar surface area (TPSA) is 111 Å². The first-order chi connectivity index (χ1) is 15.9. The van der Waals surface area contributed by atoms with Crippen molar-refractivity contribution in [2.24, 2.45) is 0 Å². The Bertz CT molecular complexity index is 1120.